The maximum Gasteiger partial charge on any atom is 0.0971 e. The number of halogens is 1. The second-order valence-electron chi connectivity index (χ2n) is 3.85. The molecule has 0 spiro atoms. The van der Waals surface area contributed by atoms with Crippen molar-refractivity contribution >= 4 is 26.8 Å². The Bertz CT molecular complexity index is 498. The van der Waals surface area contributed by atoms with Crippen LogP contribution in [0, 0.1) is 0 Å². The quantitative estimate of drug-likeness (QED) is 0.926. The van der Waals surface area contributed by atoms with Crippen molar-refractivity contribution in [1.82, 2.24) is 4.98 Å². The van der Waals surface area contributed by atoms with Crippen molar-refractivity contribution in [2.75, 3.05) is 0 Å². The van der Waals surface area contributed by atoms with Gasteiger partial charge in [0.25, 0.3) is 0 Å². The van der Waals surface area contributed by atoms with Crippen LogP contribution in [0.1, 0.15) is 31.6 Å². The molecule has 2 nitrogen and oxygen atoms in total. The number of hydrogen-bond donors (Lipinski definition) is 1. The third-order valence-corrected chi connectivity index (χ3v) is 3.22. The molecule has 0 amide bonds. The van der Waals surface area contributed by atoms with Crippen LogP contribution in [-0.4, -0.2) is 10.1 Å². The SMILES string of the molecule is CCC[C@H](O)c1nc2ccccc2cc1Br. The third-order valence-electron chi connectivity index (χ3n) is 2.58. The van der Waals surface area contributed by atoms with Crippen LogP contribution in [0.2, 0.25) is 0 Å². The Morgan fingerprint density at radius 2 is 2.12 bits per heavy atom. The van der Waals surface area contributed by atoms with Crippen molar-refractivity contribution in [2.24, 2.45) is 0 Å². The molecule has 0 aliphatic carbocycles. The molecule has 2 aromatic rings. The van der Waals surface area contributed by atoms with E-state index in [1.54, 1.807) is 0 Å². The van der Waals surface area contributed by atoms with E-state index in [0.29, 0.717) is 0 Å². The summed E-state index contributed by atoms with van der Waals surface area (Å²) in [6, 6.07) is 9.93. The first kappa shape index (κ1) is 11.6. The van der Waals surface area contributed by atoms with E-state index in [2.05, 4.69) is 27.8 Å². The highest BCUT2D eigenvalue weighted by molar-refractivity contribution is 9.10. The first-order valence-electron chi connectivity index (χ1n) is 5.45. The maximum absolute atomic E-state index is 9.97. The molecule has 1 atom stereocenters. The summed E-state index contributed by atoms with van der Waals surface area (Å²) in [4.78, 5) is 4.50. The summed E-state index contributed by atoms with van der Waals surface area (Å²) in [5, 5.41) is 11.1. The zero-order valence-corrected chi connectivity index (χ0v) is 10.7. The van der Waals surface area contributed by atoms with Crippen LogP contribution >= 0.6 is 15.9 Å². The van der Waals surface area contributed by atoms with E-state index in [1.165, 1.54) is 0 Å². The molecular formula is C13H14BrNO. The lowest BCUT2D eigenvalue weighted by molar-refractivity contribution is 0.161. The Hall–Kier alpha value is -0.930. The van der Waals surface area contributed by atoms with Gasteiger partial charge in [-0.15, -0.1) is 0 Å². The van der Waals surface area contributed by atoms with E-state index in [0.717, 1.165) is 33.9 Å². The fraction of sp³-hybridized carbons (Fsp3) is 0.308. The Morgan fingerprint density at radius 3 is 2.88 bits per heavy atom. The monoisotopic (exact) mass is 279 g/mol. The van der Waals surface area contributed by atoms with Gasteiger partial charge in [0, 0.05) is 9.86 Å². The highest BCUT2D eigenvalue weighted by atomic mass is 79.9. The summed E-state index contributed by atoms with van der Waals surface area (Å²) in [6.07, 6.45) is 1.20. The molecule has 84 valence electrons. The molecule has 0 aliphatic rings. The summed E-state index contributed by atoms with van der Waals surface area (Å²) in [6.45, 7) is 2.05. The topological polar surface area (TPSA) is 33.1 Å². The van der Waals surface area contributed by atoms with Gasteiger partial charge in [-0.2, -0.15) is 0 Å². The van der Waals surface area contributed by atoms with Crippen molar-refractivity contribution in [3.05, 3.63) is 40.5 Å². The second kappa shape index (κ2) is 4.93. The number of aliphatic hydroxyl groups excluding tert-OH is 1. The largest absolute Gasteiger partial charge is 0.387 e. The van der Waals surface area contributed by atoms with E-state index in [9.17, 15) is 5.11 Å². The molecule has 3 heteroatoms. The summed E-state index contributed by atoms with van der Waals surface area (Å²) in [5.41, 5.74) is 1.66. The molecule has 1 N–H and O–H groups in total. The molecule has 1 heterocycles. The number of rotatable bonds is 3. The first-order chi connectivity index (χ1) is 7.72. The summed E-state index contributed by atoms with van der Waals surface area (Å²) in [7, 11) is 0. The fourth-order valence-corrected chi connectivity index (χ4v) is 2.35. The van der Waals surface area contributed by atoms with Crippen molar-refractivity contribution in [3.8, 4) is 0 Å². The molecule has 0 bridgehead atoms. The van der Waals surface area contributed by atoms with Gasteiger partial charge in [-0.05, 0) is 34.5 Å². The van der Waals surface area contributed by atoms with Crippen LogP contribution in [0.4, 0.5) is 0 Å². The molecule has 0 saturated heterocycles. The van der Waals surface area contributed by atoms with Crippen LogP contribution in [0.25, 0.3) is 10.9 Å². The van der Waals surface area contributed by atoms with Crippen LogP contribution in [0.3, 0.4) is 0 Å². The zero-order chi connectivity index (χ0) is 11.5. The van der Waals surface area contributed by atoms with E-state index in [1.807, 2.05) is 30.3 Å². The molecule has 0 fully saturated rings. The van der Waals surface area contributed by atoms with E-state index in [-0.39, 0.29) is 0 Å². The first-order valence-corrected chi connectivity index (χ1v) is 6.25. The lowest BCUT2D eigenvalue weighted by Gasteiger charge is -2.11. The van der Waals surface area contributed by atoms with Gasteiger partial charge in [0.1, 0.15) is 0 Å². The molecule has 0 unspecified atom stereocenters. The predicted molar refractivity (Wildman–Crippen MR) is 69.3 cm³/mol. The Kier molecular flexibility index (Phi) is 3.56. The highest BCUT2D eigenvalue weighted by Crippen LogP contribution is 2.27. The maximum atomic E-state index is 9.97. The predicted octanol–water partition coefficient (Wildman–Crippen LogP) is 3.83. The normalized spacial score (nSPS) is 12.9. The third kappa shape index (κ3) is 2.25. The number of pyridine rings is 1. The molecular weight excluding hydrogens is 266 g/mol. The van der Waals surface area contributed by atoms with Crippen LogP contribution in [0.5, 0.6) is 0 Å². The minimum atomic E-state index is -0.482. The van der Waals surface area contributed by atoms with Gasteiger partial charge in [0.2, 0.25) is 0 Å². The second-order valence-corrected chi connectivity index (χ2v) is 4.71. The number of fused-ring (bicyclic) bond motifs is 1. The molecule has 0 saturated carbocycles. The molecule has 0 radical (unpaired) electrons. The van der Waals surface area contributed by atoms with Crippen molar-refractivity contribution in [2.45, 2.75) is 25.9 Å². The van der Waals surface area contributed by atoms with Crippen LogP contribution < -0.4 is 0 Å². The number of hydrogen-bond acceptors (Lipinski definition) is 2. The highest BCUT2D eigenvalue weighted by Gasteiger charge is 2.12. The molecule has 1 aromatic heterocycles. The van der Waals surface area contributed by atoms with Gasteiger partial charge in [-0.1, -0.05) is 31.5 Å². The van der Waals surface area contributed by atoms with Gasteiger partial charge >= 0.3 is 0 Å². The number of aromatic nitrogens is 1. The summed E-state index contributed by atoms with van der Waals surface area (Å²) >= 11 is 3.47. The standard InChI is InChI=1S/C13H14BrNO/c1-2-5-12(16)13-10(14)8-9-6-3-4-7-11(9)15-13/h3-4,6-8,12,16H,2,5H2,1H3/t12-/m0/s1. The molecule has 0 aliphatic heterocycles. The minimum absolute atomic E-state index is 0.482. The van der Waals surface area contributed by atoms with Crippen molar-refractivity contribution in [1.29, 1.82) is 0 Å². The van der Waals surface area contributed by atoms with E-state index in [4.69, 9.17) is 0 Å². The average molecular weight is 280 g/mol. The Morgan fingerprint density at radius 1 is 1.38 bits per heavy atom. The van der Waals surface area contributed by atoms with Gasteiger partial charge in [0.15, 0.2) is 0 Å². The van der Waals surface area contributed by atoms with Crippen molar-refractivity contribution in [3.63, 3.8) is 0 Å². The van der Waals surface area contributed by atoms with E-state index < -0.39 is 6.10 Å². The van der Waals surface area contributed by atoms with Gasteiger partial charge < -0.3 is 5.11 Å². The number of nitrogens with zero attached hydrogens (tertiary/aromatic N) is 1. The minimum Gasteiger partial charge on any atom is -0.387 e. The van der Waals surface area contributed by atoms with Gasteiger partial charge in [0.05, 0.1) is 17.3 Å². The molecule has 1 aromatic carbocycles. The van der Waals surface area contributed by atoms with Crippen LogP contribution in [0.15, 0.2) is 34.8 Å². The number of aliphatic hydroxyl groups is 1. The Labute approximate surface area is 103 Å². The van der Waals surface area contributed by atoms with E-state index >= 15 is 0 Å². The molecule has 2 rings (SSSR count). The summed E-state index contributed by atoms with van der Waals surface area (Å²) in [5.74, 6) is 0. The number of para-hydroxylation sites is 1. The van der Waals surface area contributed by atoms with Crippen molar-refractivity contribution < 1.29 is 5.11 Å². The average Bonchev–Trinajstić information content (AvgIpc) is 2.28. The van der Waals surface area contributed by atoms with Gasteiger partial charge in [-0.3, -0.25) is 0 Å². The number of benzene rings is 1. The fourth-order valence-electron chi connectivity index (χ4n) is 1.75. The van der Waals surface area contributed by atoms with Gasteiger partial charge in [-0.25, -0.2) is 4.98 Å². The molecule has 16 heavy (non-hydrogen) atoms. The summed E-state index contributed by atoms with van der Waals surface area (Å²) < 4.78 is 0.882. The Balaban J connectivity index is 2.49. The lowest BCUT2D eigenvalue weighted by Crippen LogP contribution is -2.01. The lowest BCUT2D eigenvalue weighted by atomic mass is 10.1. The van der Waals surface area contributed by atoms with Crippen LogP contribution in [-0.2, 0) is 0 Å². The zero-order valence-electron chi connectivity index (χ0n) is 9.15. The smallest absolute Gasteiger partial charge is 0.0971 e.